The first-order chi connectivity index (χ1) is 9.77. The van der Waals surface area contributed by atoms with Crippen LogP contribution in [0.5, 0.6) is 0 Å². The van der Waals surface area contributed by atoms with Gasteiger partial charge in [-0.25, -0.2) is 13.1 Å². The molecular formula is C11H10ClN3O5S. The third-order valence-electron chi connectivity index (χ3n) is 2.23. The van der Waals surface area contributed by atoms with E-state index in [0.29, 0.717) is 0 Å². The summed E-state index contributed by atoms with van der Waals surface area (Å²) in [6.07, 6.45) is 4.93. The van der Waals surface area contributed by atoms with Crippen LogP contribution in [0, 0.1) is 22.5 Å². The van der Waals surface area contributed by atoms with E-state index in [9.17, 15) is 23.3 Å². The molecule has 0 saturated heterocycles. The summed E-state index contributed by atoms with van der Waals surface area (Å²) in [6.45, 7) is -0.559. The third-order valence-corrected chi connectivity index (χ3v) is 4.11. The normalized spacial score (nSPS) is 10.7. The van der Waals surface area contributed by atoms with Gasteiger partial charge in [0.05, 0.1) is 23.0 Å². The monoisotopic (exact) mass is 331 g/mol. The second kappa shape index (κ2) is 7.03. The molecule has 2 N–H and O–H groups in total. The van der Waals surface area contributed by atoms with E-state index >= 15 is 0 Å². The molecule has 0 aliphatic heterocycles. The molecule has 0 aliphatic carbocycles. The van der Waals surface area contributed by atoms with Crippen LogP contribution >= 0.6 is 11.6 Å². The Balaban J connectivity index is 2.86. The van der Waals surface area contributed by atoms with Crippen molar-refractivity contribution >= 4 is 33.2 Å². The van der Waals surface area contributed by atoms with Crippen LogP contribution in [0.1, 0.15) is 0 Å². The van der Waals surface area contributed by atoms with Gasteiger partial charge < -0.3 is 5.32 Å². The molecule has 0 aromatic heterocycles. The fourth-order valence-corrected chi connectivity index (χ4v) is 2.79. The van der Waals surface area contributed by atoms with Gasteiger partial charge in [-0.15, -0.1) is 6.42 Å². The Labute approximate surface area is 125 Å². The molecule has 0 radical (unpaired) electrons. The Hall–Kier alpha value is -2.15. The molecule has 112 valence electrons. The molecule has 0 aliphatic rings. The van der Waals surface area contributed by atoms with Crippen molar-refractivity contribution in [3.63, 3.8) is 0 Å². The molecule has 1 rings (SSSR count). The Morgan fingerprint density at radius 2 is 2.14 bits per heavy atom. The number of nitrogens with zero attached hydrogens (tertiary/aromatic N) is 1. The average Bonchev–Trinajstić information content (AvgIpc) is 2.42. The molecule has 10 heteroatoms. The number of carbonyl (C=O) groups excluding carboxylic acids is 1. The molecule has 0 fully saturated rings. The predicted molar refractivity (Wildman–Crippen MR) is 75.1 cm³/mol. The van der Waals surface area contributed by atoms with Gasteiger partial charge in [0.15, 0.2) is 0 Å². The van der Waals surface area contributed by atoms with Gasteiger partial charge in [0, 0.05) is 12.1 Å². The first kappa shape index (κ1) is 16.9. The topological polar surface area (TPSA) is 118 Å². The number of halogens is 1. The van der Waals surface area contributed by atoms with Crippen molar-refractivity contribution in [1.29, 1.82) is 0 Å². The van der Waals surface area contributed by atoms with E-state index in [1.54, 1.807) is 0 Å². The van der Waals surface area contributed by atoms with E-state index < -0.39 is 27.4 Å². The number of nitro benzene ring substituents is 1. The minimum Gasteiger partial charge on any atom is -0.344 e. The van der Waals surface area contributed by atoms with Gasteiger partial charge >= 0.3 is 0 Å². The van der Waals surface area contributed by atoms with Gasteiger partial charge in [0.25, 0.3) is 5.69 Å². The second-order valence-corrected chi connectivity index (χ2v) is 5.82. The molecule has 1 aromatic carbocycles. The number of benzene rings is 1. The molecule has 0 unspecified atom stereocenters. The number of nitrogens with one attached hydrogen (secondary N) is 2. The second-order valence-electron chi connectivity index (χ2n) is 3.68. The van der Waals surface area contributed by atoms with Crippen molar-refractivity contribution < 1.29 is 18.1 Å². The highest BCUT2D eigenvalue weighted by Gasteiger charge is 2.21. The SMILES string of the molecule is C#CCNC(=O)CNS(=O)(=O)c1ccc([N+](=O)[O-])cc1Cl. The highest BCUT2D eigenvalue weighted by molar-refractivity contribution is 7.89. The third kappa shape index (κ3) is 4.71. The minimum absolute atomic E-state index is 0.0289. The molecule has 1 aromatic rings. The number of nitro groups is 1. The maximum absolute atomic E-state index is 11.9. The van der Waals surface area contributed by atoms with Crippen molar-refractivity contribution in [2.75, 3.05) is 13.1 Å². The zero-order valence-electron chi connectivity index (χ0n) is 10.5. The summed E-state index contributed by atoms with van der Waals surface area (Å²) < 4.78 is 25.9. The predicted octanol–water partition coefficient (Wildman–Crippen LogP) is 0.276. The molecule has 0 atom stereocenters. The van der Waals surface area contributed by atoms with Gasteiger partial charge in [-0.3, -0.25) is 14.9 Å². The number of terminal acetylenes is 1. The van der Waals surface area contributed by atoms with E-state index in [1.165, 1.54) is 0 Å². The molecule has 0 spiro atoms. The van der Waals surface area contributed by atoms with Gasteiger partial charge in [-0.05, 0) is 6.07 Å². The van der Waals surface area contributed by atoms with Crippen molar-refractivity contribution in [3.05, 3.63) is 33.3 Å². The zero-order chi connectivity index (χ0) is 16.0. The van der Waals surface area contributed by atoms with Gasteiger partial charge in [0.1, 0.15) is 4.90 Å². The summed E-state index contributed by atoms with van der Waals surface area (Å²) in [4.78, 5) is 20.7. The summed E-state index contributed by atoms with van der Waals surface area (Å²) in [6, 6.07) is 2.90. The Morgan fingerprint density at radius 1 is 1.48 bits per heavy atom. The molecule has 1 amide bonds. The van der Waals surface area contributed by atoms with Crippen molar-refractivity contribution in [3.8, 4) is 12.3 Å². The van der Waals surface area contributed by atoms with Crippen LogP contribution < -0.4 is 10.0 Å². The Kier molecular flexibility index (Phi) is 5.66. The first-order valence-electron chi connectivity index (χ1n) is 5.41. The fraction of sp³-hybridized carbons (Fsp3) is 0.182. The number of hydrogen-bond acceptors (Lipinski definition) is 5. The van der Waals surface area contributed by atoms with E-state index in [0.717, 1.165) is 18.2 Å². The van der Waals surface area contributed by atoms with Crippen LogP contribution in [-0.2, 0) is 14.8 Å². The maximum Gasteiger partial charge on any atom is 0.271 e. The highest BCUT2D eigenvalue weighted by Crippen LogP contribution is 2.25. The minimum atomic E-state index is -4.07. The number of sulfonamides is 1. The molecule has 0 bridgehead atoms. The lowest BCUT2D eigenvalue weighted by Gasteiger charge is -2.08. The van der Waals surface area contributed by atoms with E-state index in [2.05, 4.69) is 11.2 Å². The van der Waals surface area contributed by atoms with Crippen LogP contribution in [-0.4, -0.2) is 32.3 Å². The summed E-state index contributed by atoms with van der Waals surface area (Å²) in [5.41, 5.74) is -0.342. The number of hydrogen-bond donors (Lipinski definition) is 2. The van der Waals surface area contributed by atoms with Gasteiger partial charge in [-0.1, -0.05) is 17.5 Å². The van der Waals surface area contributed by atoms with E-state index in [4.69, 9.17) is 18.0 Å². The van der Waals surface area contributed by atoms with Crippen molar-refractivity contribution in [2.45, 2.75) is 4.90 Å². The standard InChI is InChI=1S/C11H10ClN3O5S/c1-2-5-13-11(16)7-14-21(19,20)10-4-3-8(15(17)18)6-9(10)12/h1,3-4,6,14H,5,7H2,(H,13,16). The summed E-state index contributed by atoms with van der Waals surface area (Å²) >= 11 is 5.71. The smallest absolute Gasteiger partial charge is 0.271 e. The fourth-order valence-electron chi connectivity index (χ4n) is 1.27. The molecule has 8 nitrogen and oxygen atoms in total. The maximum atomic E-state index is 11.9. The molecule has 0 heterocycles. The molecular weight excluding hydrogens is 322 g/mol. The Morgan fingerprint density at radius 3 is 2.67 bits per heavy atom. The van der Waals surface area contributed by atoms with Gasteiger partial charge in [0.2, 0.25) is 15.9 Å². The van der Waals surface area contributed by atoms with Crippen LogP contribution in [0.15, 0.2) is 23.1 Å². The molecule has 21 heavy (non-hydrogen) atoms. The first-order valence-corrected chi connectivity index (χ1v) is 7.28. The van der Waals surface area contributed by atoms with Crippen LogP contribution in [0.25, 0.3) is 0 Å². The lowest BCUT2D eigenvalue weighted by molar-refractivity contribution is -0.384. The highest BCUT2D eigenvalue weighted by atomic mass is 35.5. The van der Waals surface area contributed by atoms with Crippen LogP contribution in [0.2, 0.25) is 5.02 Å². The summed E-state index contributed by atoms with van der Waals surface area (Å²) in [5.74, 6) is 1.54. The van der Waals surface area contributed by atoms with Crippen LogP contribution in [0.3, 0.4) is 0 Å². The summed E-state index contributed by atoms with van der Waals surface area (Å²) in [5, 5.41) is 12.5. The number of non-ortho nitro benzene ring substituents is 1. The average molecular weight is 332 g/mol. The summed E-state index contributed by atoms with van der Waals surface area (Å²) in [7, 11) is -4.07. The lowest BCUT2D eigenvalue weighted by Crippen LogP contribution is -2.37. The Bertz CT molecular complexity index is 711. The number of rotatable bonds is 6. The van der Waals surface area contributed by atoms with Crippen molar-refractivity contribution in [2.24, 2.45) is 0 Å². The van der Waals surface area contributed by atoms with E-state index in [1.807, 2.05) is 4.72 Å². The van der Waals surface area contributed by atoms with Gasteiger partial charge in [-0.2, -0.15) is 0 Å². The van der Waals surface area contributed by atoms with E-state index in [-0.39, 0.29) is 22.2 Å². The quantitative estimate of drug-likeness (QED) is 0.441. The lowest BCUT2D eigenvalue weighted by atomic mass is 10.3. The molecule has 0 saturated carbocycles. The van der Waals surface area contributed by atoms with Crippen LogP contribution in [0.4, 0.5) is 5.69 Å². The zero-order valence-corrected chi connectivity index (χ0v) is 12.1. The largest absolute Gasteiger partial charge is 0.344 e. The number of amides is 1. The number of carbonyl (C=O) groups is 1. The van der Waals surface area contributed by atoms with Crippen molar-refractivity contribution in [1.82, 2.24) is 10.0 Å².